The predicted octanol–water partition coefficient (Wildman–Crippen LogP) is 7.97. The largest absolute Gasteiger partial charge is 0.507 e. The van der Waals surface area contributed by atoms with Crippen LogP contribution in [0.25, 0.3) is 0 Å². The van der Waals surface area contributed by atoms with E-state index in [0.717, 1.165) is 10.5 Å². The number of esters is 1. The summed E-state index contributed by atoms with van der Waals surface area (Å²) < 4.78 is 17.9. The SMILES string of the molecule is CCOC(=O)[C@H]1Oc2ccccc2[C@@H](c2cc(C(C)(C)C)c(O)c(C(C)(C)C)c2)[C@]12C(=O)N(C(=O)OC(C)(C)C)c1ccc(C)cc12. The summed E-state index contributed by atoms with van der Waals surface area (Å²) in [7, 11) is 0. The molecule has 250 valence electrons. The van der Waals surface area contributed by atoms with Crippen molar-refractivity contribution in [2.75, 3.05) is 11.5 Å². The molecular weight excluding hydrogens is 594 g/mol. The smallest absolute Gasteiger partial charge is 0.421 e. The van der Waals surface area contributed by atoms with Crippen molar-refractivity contribution in [1.29, 1.82) is 0 Å². The summed E-state index contributed by atoms with van der Waals surface area (Å²) in [5, 5.41) is 11.7. The second kappa shape index (κ2) is 11.4. The predicted molar refractivity (Wildman–Crippen MR) is 181 cm³/mol. The van der Waals surface area contributed by atoms with E-state index in [1.165, 1.54) is 0 Å². The molecular formula is C39H47NO7. The lowest BCUT2D eigenvalue weighted by Gasteiger charge is -2.46. The van der Waals surface area contributed by atoms with Crippen LogP contribution >= 0.6 is 0 Å². The maximum absolute atomic E-state index is 15.4. The van der Waals surface area contributed by atoms with Crippen LogP contribution in [0.3, 0.4) is 0 Å². The Hall–Kier alpha value is -4.33. The molecule has 1 N–H and O–H groups in total. The van der Waals surface area contributed by atoms with Crippen LogP contribution in [0.2, 0.25) is 0 Å². The number of aryl methyl sites for hydroxylation is 1. The Kier molecular flexibility index (Phi) is 8.27. The molecule has 0 fully saturated rings. The van der Waals surface area contributed by atoms with Gasteiger partial charge in [-0.15, -0.1) is 0 Å². The molecule has 3 aromatic rings. The third-order valence-corrected chi connectivity index (χ3v) is 8.90. The summed E-state index contributed by atoms with van der Waals surface area (Å²) in [6.07, 6.45) is -2.30. The summed E-state index contributed by atoms with van der Waals surface area (Å²) in [6, 6.07) is 16.6. The number of nitrogens with zero attached hydrogens (tertiary/aromatic N) is 1. The Morgan fingerprint density at radius 2 is 1.51 bits per heavy atom. The highest BCUT2D eigenvalue weighted by molar-refractivity contribution is 6.23. The van der Waals surface area contributed by atoms with Gasteiger partial charge in [0.2, 0.25) is 6.10 Å². The Morgan fingerprint density at radius 3 is 2.06 bits per heavy atom. The molecule has 8 nitrogen and oxygen atoms in total. The fourth-order valence-electron chi connectivity index (χ4n) is 6.91. The van der Waals surface area contributed by atoms with Crippen LogP contribution in [-0.4, -0.2) is 41.4 Å². The van der Waals surface area contributed by atoms with Crippen molar-refractivity contribution >= 4 is 23.7 Å². The zero-order valence-electron chi connectivity index (χ0n) is 29.4. The Labute approximate surface area is 278 Å². The number of anilines is 1. The molecule has 47 heavy (non-hydrogen) atoms. The first-order valence-electron chi connectivity index (χ1n) is 16.2. The highest BCUT2D eigenvalue weighted by atomic mass is 16.6. The molecule has 2 heterocycles. The number of hydrogen-bond donors (Lipinski definition) is 1. The van der Waals surface area contributed by atoms with E-state index in [1.54, 1.807) is 39.8 Å². The number of hydrogen-bond acceptors (Lipinski definition) is 7. The molecule has 2 amide bonds. The molecule has 5 rings (SSSR count). The van der Waals surface area contributed by atoms with Crippen molar-refractivity contribution in [1.82, 2.24) is 0 Å². The third kappa shape index (κ3) is 5.66. The molecule has 3 atom stereocenters. The summed E-state index contributed by atoms with van der Waals surface area (Å²) in [6.45, 7) is 21.0. The average molecular weight is 642 g/mol. The van der Waals surface area contributed by atoms with Gasteiger partial charge >= 0.3 is 12.1 Å². The van der Waals surface area contributed by atoms with Crippen molar-refractivity contribution in [2.45, 2.75) is 110 Å². The topological polar surface area (TPSA) is 102 Å². The Morgan fingerprint density at radius 1 is 0.915 bits per heavy atom. The molecule has 0 bridgehead atoms. The van der Waals surface area contributed by atoms with Crippen molar-refractivity contribution in [3.63, 3.8) is 0 Å². The molecule has 0 saturated heterocycles. The number of aromatic hydroxyl groups is 1. The lowest BCUT2D eigenvalue weighted by Crippen LogP contribution is -2.61. The van der Waals surface area contributed by atoms with Gasteiger partial charge in [-0.05, 0) is 79.8 Å². The lowest BCUT2D eigenvalue weighted by molar-refractivity contribution is -0.159. The van der Waals surface area contributed by atoms with Gasteiger partial charge < -0.3 is 19.3 Å². The number of ether oxygens (including phenoxy) is 3. The summed E-state index contributed by atoms with van der Waals surface area (Å²) in [4.78, 5) is 44.5. The van der Waals surface area contributed by atoms with Gasteiger partial charge in [-0.2, -0.15) is 0 Å². The maximum Gasteiger partial charge on any atom is 0.421 e. The van der Waals surface area contributed by atoms with E-state index in [1.807, 2.05) is 90.9 Å². The number of benzene rings is 3. The van der Waals surface area contributed by atoms with E-state index in [4.69, 9.17) is 14.2 Å². The minimum Gasteiger partial charge on any atom is -0.507 e. The molecule has 3 aromatic carbocycles. The number of phenols is 1. The first kappa shape index (κ1) is 34.0. The number of para-hydroxylation sites is 1. The molecule has 2 aliphatic rings. The Bertz CT molecular complexity index is 1720. The molecule has 0 saturated carbocycles. The number of carbonyl (C=O) groups is 3. The molecule has 0 unspecified atom stereocenters. The summed E-state index contributed by atoms with van der Waals surface area (Å²) in [5.74, 6) is -1.57. The highest BCUT2D eigenvalue weighted by Crippen LogP contribution is 2.60. The number of fused-ring (bicyclic) bond motifs is 3. The van der Waals surface area contributed by atoms with Gasteiger partial charge in [-0.1, -0.05) is 89.6 Å². The van der Waals surface area contributed by atoms with Crippen LogP contribution in [0.1, 0.15) is 109 Å². The number of amides is 2. The van der Waals surface area contributed by atoms with Crippen molar-refractivity contribution in [3.8, 4) is 11.5 Å². The number of phenolic OH excluding ortho intramolecular Hbond substituents is 1. The van der Waals surface area contributed by atoms with Gasteiger partial charge in [0, 0.05) is 11.5 Å². The maximum atomic E-state index is 15.4. The quantitative estimate of drug-likeness (QED) is 0.289. The fourth-order valence-corrected chi connectivity index (χ4v) is 6.91. The van der Waals surface area contributed by atoms with E-state index in [2.05, 4.69) is 0 Å². The van der Waals surface area contributed by atoms with E-state index >= 15 is 4.79 Å². The standard InChI is InChI=1S/C39H47NO7/c1-12-45-33(42)32-39(25-19-22(2)17-18-28(25)40(34(39)43)35(44)47-38(9,10)11)30(24-15-13-14-16-29(24)46-32)23-20-26(36(3,4)5)31(41)27(21-23)37(6,7)8/h13-21,30,32,41H,12H2,1-11H3/t30-,32-,39+/m1/s1. The van der Waals surface area contributed by atoms with Gasteiger partial charge in [0.15, 0.2) is 0 Å². The second-order valence-electron chi connectivity index (χ2n) is 15.7. The van der Waals surface area contributed by atoms with E-state index in [-0.39, 0.29) is 12.4 Å². The first-order valence-corrected chi connectivity index (χ1v) is 16.2. The summed E-state index contributed by atoms with van der Waals surface area (Å²) in [5.41, 5.74) is 0.768. The third-order valence-electron chi connectivity index (χ3n) is 8.90. The van der Waals surface area contributed by atoms with E-state index in [0.29, 0.717) is 39.3 Å². The van der Waals surface area contributed by atoms with Crippen molar-refractivity contribution in [3.05, 3.63) is 88.0 Å². The molecule has 2 aliphatic heterocycles. The fraction of sp³-hybridized carbons (Fsp3) is 0.462. The van der Waals surface area contributed by atoms with Crippen LogP contribution in [0, 0.1) is 6.92 Å². The zero-order chi connectivity index (χ0) is 34.9. The molecule has 0 aliphatic carbocycles. The highest BCUT2D eigenvalue weighted by Gasteiger charge is 2.68. The van der Waals surface area contributed by atoms with Crippen molar-refractivity contribution in [2.24, 2.45) is 0 Å². The molecule has 0 radical (unpaired) electrons. The van der Waals surface area contributed by atoms with Gasteiger partial charge in [0.25, 0.3) is 5.91 Å². The number of carbonyl (C=O) groups excluding carboxylic acids is 3. The van der Waals surface area contributed by atoms with Crippen LogP contribution in [0.4, 0.5) is 10.5 Å². The second-order valence-corrected chi connectivity index (χ2v) is 15.7. The summed E-state index contributed by atoms with van der Waals surface area (Å²) >= 11 is 0. The van der Waals surface area contributed by atoms with Crippen LogP contribution < -0.4 is 9.64 Å². The molecule has 0 aromatic heterocycles. The average Bonchev–Trinajstić information content (AvgIpc) is 3.18. The van der Waals surface area contributed by atoms with Gasteiger partial charge in [-0.25, -0.2) is 14.5 Å². The number of imide groups is 1. The minimum atomic E-state index is -1.78. The normalized spacial score (nSPS) is 20.8. The lowest BCUT2D eigenvalue weighted by atomic mass is 9.60. The van der Waals surface area contributed by atoms with Gasteiger partial charge in [0.05, 0.1) is 12.3 Å². The first-order chi connectivity index (χ1) is 21.7. The van der Waals surface area contributed by atoms with Crippen LogP contribution in [-0.2, 0) is 35.3 Å². The van der Waals surface area contributed by atoms with Gasteiger partial charge in [-0.3, -0.25) is 4.79 Å². The minimum absolute atomic E-state index is 0.0628. The van der Waals surface area contributed by atoms with E-state index in [9.17, 15) is 14.7 Å². The van der Waals surface area contributed by atoms with Crippen LogP contribution in [0.15, 0.2) is 54.6 Å². The zero-order valence-corrected chi connectivity index (χ0v) is 29.4. The molecule has 8 heteroatoms. The van der Waals surface area contributed by atoms with Crippen molar-refractivity contribution < 1.29 is 33.7 Å². The monoisotopic (exact) mass is 641 g/mol. The Balaban J connectivity index is 1.96. The van der Waals surface area contributed by atoms with Gasteiger partial charge in [0.1, 0.15) is 22.5 Å². The van der Waals surface area contributed by atoms with Crippen LogP contribution in [0.5, 0.6) is 11.5 Å². The van der Waals surface area contributed by atoms with E-state index < -0.39 is 51.8 Å². The number of rotatable bonds is 3. The molecule has 1 spiro atoms.